The van der Waals surface area contributed by atoms with E-state index in [1.165, 1.54) is 0 Å². The van der Waals surface area contributed by atoms with Gasteiger partial charge < -0.3 is 0 Å². The van der Waals surface area contributed by atoms with Crippen molar-refractivity contribution < 1.29 is 4.39 Å². The highest BCUT2D eigenvalue weighted by Crippen LogP contribution is 2.22. The Morgan fingerprint density at radius 2 is 2.14 bits per heavy atom. The summed E-state index contributed by atoms with van der Waals surface area (Å²) in [5.41, 5.74) is 0.664. The van der Waals surface area contributed by atoms with Gasteiger partial charge in [-0.1, -0.05) is 23.7 Å². The minimum atomic E-state index is -0.299. The summed E-state index contributed by atoms with van der Waals surface area (Å²) in [5, 5.41) is 0.195. The predicted molar refractivity (Wildman–Crippen MR) is 62.9 cm³/mol. The van der Waals surface area contributed by atoms with E-state index >= 15 is 0 Å². The summed E-state index contributed by atoms with van der Waals surface area (Å²) >= 11 is 12.9. The highest BCUT2D eigenvalue weighted by atomic mass is 35.5. The number of halogens is 3. The van der Waals surface area contributed by atoms with E-state index in [4.69, 9.17) is 23.2 Å². The zero-order chi connectivity index (χ0) is 10.4. The molecule has 0 unspecified atom stereocenters. The monoisotopic (exact) mass is 252 g/mol. The van der Waals surface area contributed by atoms with Crippen LogP contribution in [0.4, 0.5) is 4.39 Å². The minimum absolute atomic E-state index is 0.195. The maximum atomic E-state index is 13.3. The standard InChI is InChI=1S/C10H11Cl2FS/c11-5-2-6-14-7-8-3-1-4-9(12)10(8)13/h1,3-4H,2,5-7H2. The molecule has 0 bridgehead atoms. The Bertz CT molecular complexity index is 291. The average molecular weight is 253 g/mol. The molecule has 1 aromatic carbocycles. The van der Waals surface area contributed by atoms with Crippen molar-refractivity contribution >= 4 is 35.0 Å². The van der Waals surface area contributed by atoms with Gasteiger partial charge >= 0.3 is 0 Å². The van der Waals surface area contributed by atoms with Crippen LogP contribution in [0.2, 0.25) is 5.02 Å². The van der Waals surface area contributed by atoms with Crippen molar-refractivity contribution in [2.75, 3.05) is 11.6 Å². The summed E-state index contributed by atoms with van der Waals surface area (Å²) in [4.78, 5) is 0. The second-order valence-electron chi connectivity index (χ2n) is 2.81. The van der Waals surface area contributed by atoms with Gasteiger partial charge in [0.2, 0.25) is 0 Å². The summed E-state index contributed by atoms with van der Waals surface area (Å²) in [5.74, 6) is 1.97. The lowest BCUT2D eigenvalue weighted by molar-refractivity contribution is 0.618. The molecule has 1 rings (SSSR count). The summed E-state index contributed by atoms with van der Waals surface area (Å²) in [7, 11) is 0. The fraction of sp³-hybridized carbons (Fsp3) is 0.400. The molecule has 0 atom stereocenters. The van der Waals surface area contributed by atoms with Crippen molar-refractivity contribution in [2.24, 2.45) is 0 Å². The number of benzene rings is 1. The molecule has 1 aromatic rings. The second kappa shape index (κ2) is 6.54. The van der Waals surface area contributed by atoms with Crippen LogP contribution in [0.1, 0.15) is 12.0 Å². The molecule has 0 aliphatic carbocycles. The third-order valence-electron chi connectivity index (χ3n) is 1.71. The summed E-state index contributed by atoms with van der Waals surface area (Å²) < 4.78 is 13.3. The number of thioether (sulfide) groups is 1. The van der Waals surface area contributed by atoms with Crippen molar-refractivity contribution in [1.29, 1.82) is 0 Å². The Labute approximate surface area is 97.8 Å². The topological polar surface area (TPSA) is 0 Å². The molecule has 14 heavy (non-hydrogen) atoms. The lowest BCUT2D eigenvalue weighted by atomic mass is 10.2. The molecule has 78 valence electrons. The van der Waals surface area contributed by atoms with Crippen LogP contribution in [0.25, 0.3) is 0 Å². The molecule has 0 radical (unpaired) electrons. The maximum absolute atomic E-state index is 13.3. The number of alkyl halides is 1. The first-order valence-electron chi connectivity index (χ1n) is 4.32. The van der Waals surface area contributed by atoms with E-state index in [1.54, 1.807) is 30.0 Å². The minimum Gasteiger partial charge on any atom is -0.205 e. The van der Waals surface area contributed by atoms with Crippen LogP contribution in [0.3, 0.4) is 0 Å². The van der Waals surface area contributed by atoms with Crippen molar-refractivity contribution in [3.05, 3.63) is 34.6 Å². The van der Waals surface area contributed by atoms with Gasteiger partial charge in [-0.3, -0.25) is 0 Å². The highest BCUT2D eigenvalue weighted by Gasteiger charge is 2.05. The molecule has 0 fully saturated rings. The number of hydrogen-bond acceptors (Lipinski definition) is 1. The summed E-state index contributed by atoms with van der Waals surface area (Å²) in [6, 6.07) is 5.08. The van der Waals surface area contributed by atoms with E-state index in [-0.39, 0.29) is 10.8 Å². The molecule has 0 aromatic heterocycles. The van der Waals surface area contributed by atoms with E-state index in [1.807, 2.05) is 0 Å². The zero-order valence-electron chi connectivity index (χ0n) is 7.60. The Morgan fingerprint density at radius 1 is 1.36 bits per heavy atom. The summed E-state index contributed by atoms with van der Waals surface area (Å²) in [6.07, 6.45) is 0.953. The van der Waals surface area contributed by atoms with Gasteiger partial charge in [0.1, 0.15) is 5.82 Å². The van der Waals surface area contributed by atoms with Crippen LogP contribution in [-0.4, -0.2) is 11.6 Å². The molecule has 0 N–H and O–H groups in total. The van der Waals surface area contributed by atoms with Gasteiger partial charge in [0, 0.05) is 11.6 Å². The van der Waals surface area contributed by atoms with E-state index < -0.39 is 0 Å². The van der Waals surface area contributed by atoms with E-state index in [9.17, 15) is 4.39 Å². The van der Waals surface area contributed by atoms with Gasteiger partial charge in [-0.15, -0.1) is 11.6 Å². The Balaban J connectivity index is 2.46. The summed E-state index contributed by atoms with van der Waals surface area (Å²) in [6.45, 7) is 0. The lowest BCUT2D eigenvalue weighted by Gasteiger charge is -2.03. The van der Waals surface area contributed by atoms with Crippen molar-refractivity contribution in [1.82, 2.24) is 0 Å². The first-order valence-corrected chi connectivity index (χ1v) is 6.39. The van der Waals surface area contributed by atoms with Gasteiger partial charge in [0.05, 0.1) is 5.02 Å². The average Bonchev–Trinajstić information content (AvgIpc) is 2.19. The van der Waals surface area contributed by atoms with Gasteiger partial charge in [0.15, 0.2) is 0 Å². The highest BCUT2D eigenvalue weighted by molar-refractivity contribution is 7.98. The van der Waals surface area contributed by atoms with Crippen LogP contribution < -0.4 is 0 Å². The van der Waals surface area contributed by atoms with E-state index in [0.717, 1.165) is 12.2 Å². The third kappa shape index (κ3) is 3.68. The molecular formula is C10H11Cl2FS. The van der Waals surface area contributed by atoms with Crippen molar-refractivity contribution in [3.63, 3.8) is 0 Å². The first-order chi connectivity index (χ1) is 6.75. The van der Waals surface area contributed by atoms with Crippen molar-refractivity contribution in [3.8, 4) is 0 Å². The smallest absolute Gasteiger partial charge is 0.145 e. The van der Waals surface area contributed by atoms with E-state index in [2.05, 4.69) is 0 Å². The van der Waals surface area contributed by atoms with Gasteiger partial charge in [-0.05, 0) is 23.8 Å². The fourth-order valence-electron chi connectivity index (χ4n) is 0.999. The third-order valence-corrected chi connectivity index (χ3v) is 3.36. The number of hydrogen-bond donors (Lipinski definition) is 0. The maximum Gasteiger partial charge on any atom is 0.145 e. The molecular weight excluding hydrogens is 242 g/mol. The number of rotatable bonds is 5. The van der Waals surface area contributed by atoms with Crippen LogP contribution in [0, 0.1) is 5.82 Å². The molecule has 0 aliphatic heterocycles. The largest absolute Gasteiger partial charge is 0.205 e. The second-order valence-corrected chi connectivity index (χ2v) is 4.70. The normalized spacial score (nSPS) is 10.5. The van der Waals surface area contributed by atoms with Crippen molar-refractivity contribution in [2.45, 2.75) is 12.2 Å². The molecule has 0 saturated heterocycles. The molecule has 0 heterocycles. The van der Waals surface area contributed by atoms with Gasteiger partial charge in [0.25, 0.3) is 0 Å². The van der Waals surface area contributed by atoms with Gasteiger partial charge in [-0.25, -0.2) is 4.39 Å². The molecule has 4 heteroatoms. The molecule has 0 amide bonds. The quantitative estimate of drug-likeness (QED) is 0.555. The molecule has 0 spiro atoms. The fourth-order valence-corrected chi connectivity index (χ4v) is 2.42. The lowest BCUT2D eigenvalue weighted by Crippen LogP contribution is -1.90. The van der Waals surface area contributed by atoms with E-state index in [0.29, 0.717) is 17.2 Å². The Morgan fingerprint density at radius 3 is 2.86 bits per heavy atom. The van der Waals surface area contributed by atoms with Crippen LogP contribution in [0.15, 0.2) is 18.2 Å². The Kier molecular flexibility index (Phi) is 5.68. The predicted octanol–water partition coefficient (Wildman–Crippen LogP) is 4.34. The van der Waals surface area contributed by atoms with Gasteiger partial charge in [-0.2, -0.15) is 11.8 Å². The zero-order valence-corrected chi connectivity index (χ0v) is 9.93. The molecule has 0 nitrogen and oxygen atoms in total. The Hall–Kier alpha value is 0.0800. The van der Waals surface area contributed by atoms with Crippen LogP contribution >= 0.6 is 35.0 Å². The molecule has 0 saturated carbocycles. The SMILES string of the molecule is Fc1c(Cl)cccc1CSCCCCl. The van der Waals surface area contributed by atoms with Crippen LogP contribution in [0.5, 0.6) is 0 Å². The molecule has 0 aliphatic rings. The van der Waals surface area contributed by atoms with Crippen LogP contribution in [-0.2, 0) is 5.75 Å². The first kappa shape index (κ1) is 12.2.